The summed E-state index contributed by atoms with van der Waals surface area (Å²) in [5.74, 6) is 1.46. The Morgan fingerprint density at radius 3 is 2.67 bits per heavy atom. The van der Waals surface area contributed by atoms with Crippen molar-refractivity contribution in [3.05, 3.63) is 64.4 Å². The van der Waals surface area contributed by atoms with E-state index in [0.29, 0.717) is 40.8 Å². The zero-order chi connectivity index (χ0) is 17.4. The maximum Gasteiger partial charge on any atom is 0.251 e. The summed E-state index contributed by atoms with van der Waals surface area (Å²) in [5, 5.41) is 3.27. The summed E-state index contributed by atoms with van der Waals surface area (Å²) in [5.41, 5.74) is 1.09. The van der Waals surface area contributed by atoms with Gasteiger partial charge in [-0.1, -0.05) is 17.7 Å². The molecule has 0 saturated heterocycles. The number of ether oxygens (including phenoxy) is 1. The van der Waals surface area contributed by atoms with Crippen molar-refractivity contribution < 1.29 is 13.9 Å². The summed E-state index contributed by atoms with van der Waals surface area (Å²) in [4.78, 5) is 12.0. The third-order valence-corrected chi connectivity index (χ3v) is 4.61. The van der Waals surface area contributed by atoms with Gasteiger partial charge in [0.25, 0.3) is 5.91 Å². The Labute approximate surface area is 150 Å². The SMILES string of the molecule is CCOc1ccc(C(=O)NCCSCc2c(F)cccc2Cl)cc1. The summed E-state index contributed by atoms with van der Waals surface area (Å²) < 4.78 is 19.0. The number of carbonyl (C=O) groups excluding carboxylic acids is 1. The molecule has 0 spiro atoms. The van der Waals surface area contributed by atoms with Gasteiger partial charge < -0.3 is 10.1 Å². The Balaban J connectivity index is 1.73. The van der Waals surface area contributed by atoms with Crippen molar-refractivity contribution >= 4 is 29.3 Å². The Bertz CT molecular complexity index is 659. The van der Waals surface area contributed by atoms with Gasteiger partial charge in [-0.15, -0.1) is 0 Å². The topological polar surface area (TPSA) is 38.3 Å². The summed E-state index contributed by atoms with van der Waals surface area (Å²) in [6.45, 7) is 3.00. The zero-order valence-electron chi connectivity index (χ0n) is 13.4. The van der Waals surface area contributed by atoms with Gasteiger partial charge >= 0.3 is 0 Å². The Hall–Kier alpha value is -1.72. The lowest BCUT2D eigenvalue weighted by atomic mass is 10.2. The predicted octanol–water partition coefficient (Wildman–Crippen LogP) is 4.54. The number of thioether (sulfide) groups is 1. The van der Waals surface area contributed by atoms with Crippen LogP contribution in [-0.4, -0.2) is 24.8 Å². The molecule has 0 unspecified atom stereocenters. The fourth-order valence-corrected chi connectivity index (χ4v) is 3.25. The predicted molar refractivity (Wildman–Crippen MR) is 97.5 cm³/mol. The van der Waals surface area contributed by atoms with E-state index in [0.717, 1.165) is 5.75 Å². The molecule has 0 heterocycles. The van der Waals surface area contributed by atoms with Crippen LogP contribution >= 0.6 is 23.4 Å². The van der Waals surface area contributed by atoms with Crippen LogP contribution in [0.1, 0.15) is 22.8 Å². The molecule has 2 aromatic carbocycles. The van der Waals surface area contributed by atoms with E-state index in [1.54, 1.807) is 36.4 Å². The van der Waals surface area contributed by atoms with Crippen LogP contribution in [0, 0.1) is 5.82 Å². The number of rotatable bonds is 8. The van der Waals surface area contributed by atoms with E-state index in [1.165, 1.54) is 17.8 Å². The van der Waals surface area contributed by atoms with Crippen LogP contribution < -0.4 is 10.1 Å². The minimum absolute atomic E-state index is 0.137. The largest absolute Gasteiger partial charge is 0.494 e. The van der Waals surface area contributed by atoms with E-state index in [4.69, 9.17) is 16.3 Å². The molecule has 0 aromatic heterocycles. The van der Waals surface area contributed by atoms with Crippen LogP contribution in [0.25, 0.3) is 0 Å². The fourth-order valence-electron chi connectivity index (χ4n) is 2.05. The lowest BCUT2D eigenvalue weighted by Crippen LogP contribution is -2.25. The first-order valence-corrected chi connectivity index (χ1v) is 9.16. The number of nitrogens with one attached hydrogen (secondary N) is 1. The van der Waals surface area contributed by atoms with E-state index in [9.17, 15) is 9.18 Å². The van der Waals surface area contributed by atoms with Gasteiger partial charge in [-0.3, -0.25) is 4.79 Å². The van der Waals surface area contributed by atoms with Gasteiger partial charge in [0, 0.05) is 34.2 Å². The van der Waals surface area contributed by atoms with Crippen molar-refractivity contribution in [3.63, 3.8) is 0 Å². The van der Waals surface area contributed by atoms with E-state index < -0.39 is 0 Å². The van der Waals surface area contributed by atoms with Gasteiger partial charge in [-0.05, 0) is 43.3 Å². The Kier molecular flexibility index (Phi) is 7.40. The van der Waals surface area contributed by atoms with Gasteiger partial charge in [0.1, 0.15) is 11.6 Å². The summed E-state index contributed by atoms with van der Waals surface area (Å²) >= 11 is 7.50. The maximum atomic E-state index is 13.6. The number of hydrogen-bond acceptors (Lipinski definition) is 3. The molecule has 0 fully saturated rings. The highest BCUT2D eigenvalue weighted by Gasteiger charge is 2.08. The smallest absolute Gasteiger partial charge is 0.251 e. The molecule has 0 aliphatic rings. The number of amides is 1. The second kappa shape index (κ2) is 9.55. The fraction of sp³-hybridized carbons (Fsp3) is 0.278. The standard InChI is InChI=1S/C18H19ClFNO2S/c1-2-23-14-8-6-13(7-9-14)18(22)21-10-11-24-12-15-16(19)4-3-5-17(15)20/h3-9H,2,10-12H2,1H3,(H,21,22). The lowest BCUT2D eigenvalue weighted by molar-refractivity contribution is 0.0956. The molecule has 0 aliphatic carbocycles. The molecule has 0 aliphatic heterocycles. The first-order chi connectivity index (χ1) is 11.6. The van der Waals surface area contributed by atoms with Crippen LogP contribution in [0.15, 0.2) is 42.5 Å². The molecule has 0 radical (unpaired) electrons. The molecule has 0 bridgehead atoms. The van der Waals surface area contributed by atoms with Crippen LogP contribution in [0.4, 0.5) is 4.39 Å². The van der Waals surface area contributed by atoms with E-state index in [1.807, 2.05) is 6.92 Å². The lowest BCUT2D eigenvalue weighted by Gasteiger charge is -2.08. The zero-order valence-corrected chi connectivity index (χ0v) is 14.9. The summed E-state index contributed by atoms with van der Waals surface area (Å²) in [6, 6.07) is 11.7. The monoisotopic (exact) mass is 367 g/mol. The van der Waals surface area contributed by atoms with Gasteiger partial charge in [-0.2, -0.15) is 11.8 Å². The van der Waals surface area contributed by atoms with Crippen molar-refractivity contribution in [3.8, 4) is 5.75 Å². The molecule has 24 heavy (non-hydrogen) atoms. The maximum absolute atomic E-state index is 13.6. The first kappa shape index (κ1) is 18.6. The molecule has 2 aromatic rings. The van der Waals surface area contributed by atoms with Gasteiger partial charge in [-0.25, -0.2) is 4.39 Å². The average Bonchev–Trinajstić information content (AvgIpc) is 2.57. The van der Waals surface area contributed by atoms with E-state index in [2.05, 4.69) is 5.32 Å². The average molecular weight is 368 g/mol. The highest BCUT2D eigenvalue weighted by molar-refractivity contribution is 7.98. The molecule has 128 valence electrons. The van der Waals surface area contributed by atoms with Gasteiger partial charge in [0.2, 0.25) is 0 Å². The molecule has 0 saturated carbocycles. The van der Waals surface area contributed by atoms with Crippen LogP contribution in [0.2, 0.25) is 5.02 Å². The summed E-state index contributed by atoms with van der Waals surface area (Å²) in [7, 11) is 0. The van der Waals surface area contributed by atoms with Gasteiger partial charge in [0.05, 0.1) is 6.61 Å². The molecule has 1 N–H and O–H groups in total. The van der Waals surface area contributed by atoms with Crippen molar-refractivity contribution in [2.24, 2.45) is 0 Å². The van der Waals surface area contributed by atoms with Crippen LogP contribution in [0.3, 0.4) is 0 Å². The molecule has 2 rings (SSSR count). The minimum atomic E-state index is -0.298. The Morgan fingerprint density at radius 2 is 2.00 bits per heavy atom. The van der Waals surface area contributed by atoms with Crippen LogP contribution in [0.5, 0.6) is 5.75 Å². The highest BCUT2D eigenvalue weighted by Crippen LogP contribution is 2.23. The van der Waals surface area contributed by atoms with E-state index >= 15 is 0 Å². The first-order valence-electron chi connectivity index (χ1n) is 7.63. The van der Waals surface area contributed by atoms with Crippen molar-refractivity contribution in [2.45, 2.75) is 12.7 Å². The van der Waals surface area contributed by atoms with Crippen molar-refractivity contribution in [2.75, 3.05) is 18.9 Å². The summed E-state index contributed by atoms with van der Waals surface area (Å²) in [6.07, 6.45) is 0. The second-order valence-corrected chi connectivity index (χ2v) is 6.48. The molecule has 0 atom stereocenters. The third-order valence-electron chi connectivity index (χ3n) is 3.27. The minimum Gasteiger partial charge on any atom is -0.494 e. The third kappa shape index (κ3) is 5.42. The molecule has 6 heteroatoms. The number of hydrogen-bond donors (Lipinski definition) is 1. The van der Waals surface area contributed by atoms with E-state index in [-0.39, 0.29) is 11.7 Å². The number of halogens is 2. The Morgan fingerprint density at radius 1 is 1.25 bits per heavy atom. The van der Waals surface area contributed by atoms with Crippen LogP contribution in [-0.2, 0) is 5.75 Å². The van der Waals surface area contributed by atoms with Crippen molar-refractivity contribution in [1.29, 1.82) is 0 Å². The highest BCUT2D eigenvalue weighted by atomic mass is 35.5. The molecule has 3 nitrogen and oxygen atoms in total. The van der Waals surface area contributed by atoms with Crippen molar-refractivity contribution in [1.82, 2.24) is 5.32 Å². The molecule has 1 amide bonds. The number of benzene rings is 2. The number of carbonyl (C=O) groups is 1. The second-order valence-electron chi connectivity index (χ2n) is 4.97. The quantitative estimate of drug-likeness (QED) is 0.696. The molecular formula is C18H19ClFNO2S. The normalized spacial score (nSPS) is 10.5. The van der Waals surface area contributed by atoms with Gasteiger partial charge in [0.15, 0.2) is 0 Å². The molecular weight excluding hydrogens is 349 g/mol.